The molecule has 0 saturated carbocycles. The third-order valence-corrected chi connectivity index (χ3v) is 5.58. The van der Waals surface area contributed by atoms with Gasteiger partial charge in [0.05, 0.1) is 17.9 Å². The second kappa shape index (κ2) is 6.03. The van der Waals surface area contributed by atoms with Crippen LogP contribution in [0.2, 0.25) is 0 Å². The van der Waals surface area contributed by atoms with Crippen LogP contribution >= 0.6 is 0 Å². The van der Waals surface area contributed by atoms with E-state index in [0.29, 0.717) is 31.6 Å². The Morgan fingerprint density at radius 2 is 1.90 bits per heavy atom. The number of hydrogen-bond donors (Lipinski definition) is 1. The van der Waals surface area contributed by atoms with E-state index in [0.717, 1.165) is 5.56 Å². The number of nitrogens with two attached hydrogens (primary N) is 1. The van der Waals surface area contributed by atoms with E-state index in [-0.39, 0.29) is 16.8 Å². The predicted molar refractivity (Wildman–Crippen MR) is 79.1 cm³/mol. The molecule has 21 heavy (non-hydrogen) atoms. The number of esters is 1. The summed E-state index contributed by atoms with van der Waals surface area (Å²) < 4.78 is 31.3. The van der Waals surface area contributed by atoms with E-state index in [1.54, 1.807) is 19.1 Å². The zero-order chi connectivity index (χ0) is 15.6. The van der Waals surface area contributed by atoms with E-state index >= 15 is 0 Å². The number of carbonyl (C=O) groups excluding carboxylic acids is 1. The molecule has 1 aromatic carbocycles. The number of hydrogen-bond acceptors (Lipinski definition) is 5. The molecule has 0 radical (unpaired) electrons. The van der Waals surface area contributed by atoms with Crippen molar-refractivity contribution in [1.29, 1.82) is 0 Å². The van der Waals surface area contributed by atoms with Gasteiger partial charge < -0.3 is 10.5 Å². The summed E-state index contributed by atoms with van der Waals surface area (Å²) >= 11 is 0. The van der Waals surface area contributed by atoms with Gasteiger partial charge >= 0.3 is 5.97 Å². The van der Waals surface area contributed by atoms with Gasteiger partial charge in [0, 0.05) is 18.8 Å². The van der Waals surface area contributed by atoms with Gasteiger partial charge in [0.25, 0.3) is 0 Å². The van der Waals surface area contributed by atoms with Crippen LogP contribution in [0.1, 0.15) is 18.4 Å². The Bertz CT molecular complexity index is 614. The highest BCUT2D eigenvalue weighted by molar-refractivity contribution is 7.89. The molecule has 0 amide bonds. The fraction of sp³-hybridized carbons (Fsp3) is 0.500. The number of rotatable bonds is 3. The van der Waals surface area contributed by atoms with Crippen molar-refractivity contribution in [3.05, 3.63) is 23.8 Å². The monoisotopic (exact) mass is 312 g/mol. The Labute approximate surface area is 124 Å². The lowest BCUT2D eigenvalue weighted by atomic mass is 9.99. The molecule has 1 aliphatic heterocycles. The van der Waals surface area contributed by atoms with Crippen molar-refractivity contribution in [2.24, 2.45) is 5.92 Å². The molecule has 0 spiro atoms. The second-order valence-corrected chi connectivity index (χ2v) is 7.22. The first-order valence-electron chi connectivity index (χ1n) is 6.79. The van der Waals surface area contributed by atoms with Gasteiger partial charge in [0.2, 0.25) is 10.0 Å². The summed E-state index contributed by atoms with van der Waals surface area (Å²) in [5.74, 6) is -0.490. The van der Waals surface area contributed by atoms with E-state index in [4.69, 9.17) is 10.5 Å². The van der Waals surface area contributed by atoms with Gasteiger partial charge in [-0.1, -0.05) is 0 Å². The van der Waals surface area contributed by atoms with Crippen molar-refractivity contribution in [3.63, 3.8) is 0 Å². The molecule has 116 valence electrons. The van der Waals surface area contributed by atoms with Gasteiger partial charge in [-0.15, -0.1) is 0 Å². The minimum absolute atomic E-state index is 0.205. The normalized spacial score (nSPS) is 17.6. The molecule has 7 heteroatoms. The van der Waals surface area contributed by atoms with Gasteiger partial charge in [-0.3, -0.25) is 4.79 Å². The Morgan fingerprint density at radius 3 is 2.43 bits per heavy atom. The molecule has 0 aliphatic carbocycles. The van der Waals surface area contributed by atoms with Crippen molar-refractivity contribution in [2.45, 2.75) is 24.7 Å². The molecule has 1 saturated heterocycles. The van der Waals surface area contributed by atoms with Crippen molar-refractivity contribution in [3.8, 4) is 0 Å². The molecule has 1 aliphatic rings. The summed E-state index contributed by atoms with van der Waals surface area (Å²) in [6, 6.07) is 4.80. The maximum absolute atomic E-state index is 12.6. The van der Waals surface area contributed by atoms with Crippen LogP contribution in [-0.4, -0.2) is 38.9 Å². The molecule has 1 heterocycles. The maximum atomic E-state index is 12.6. The summed E-state index contributed by atoms with van der Waals surface area (Å²) in [6.07, 6.45) is 0.959. The first-order chi connectivity index (χ1) is 9.84. The van der Waals surface area contributed by atoms with E-state index in [2.05, 4.69) is 0 Å². The number of methoxy groups -OCH3 is 1. The SMILES string of the molecule is COC(=O)C1CCN(S(=O)(=O)c2cc(C)cc(N)c2)CC1. The summed E-state index contributed by atoms with van der Waals surface area (Å²) in [5, 5.41) is 0. The number of carbonyl (C=O) groups is 1. The molecular formula is C14H20N2O4S. The molecule has 0 aromatic heterocycles. The fourth-order valence-corrected chi connectivity index (χ4v) is 4.18. The van der Waals surface area contributed by atoms with Crippen LogP contribution < -0.4 is 5.73 Å². The predicted octanol–water partition coefficient (Wildman–Crippen LogP) is 1.15. The highest BCUT2D eigenvalue weighted by atomic mass is 32.2. The average molecular weight is 312 g/mol. The van der Waals surface area contributed by atoms with Gasteiger partial charge in [0.1, 0.15) is 0 Å². The average Bonchev–Trinajstić information content (AvgIpc) is 2.45. The Balaban J connectivity index is 2.16. The highest BCUT2D eigenvalue weighted by Crippen LogP contribution is 2.26. The third kappa shape index (κ3) is 3.36. The van der Waals surface area contributed by atoms with Crippen molar-refractivity contribution < 1.29 is 17.9 Å². The maximum Gasteiger partial charge on any atom is 0.308 e. The number of piperidine rings is 1. The summed E-state index contributed by atoms with van der Waals surface area (Å²) in [4.78, 5) is 11.7. The van der Waals surface area contributed by atoms with Gasteiger partial charge in [0.15, 0.2) is 0 Å². The molecule has 0 unspecified atom stereocenters. The Hall–Kier alpha value is -1.60. The number of aryl methyl sites for hydroxylation is 1. The number of anilines is 1. The zero-order valence-corrected chi connectivity index (χ0v) is 13.0. The van der Waals surface area contributed by atoms with Crippen molar-refractivity contribution in [2.75, 3.05) is 25.9 Å². The van der Waals surface area contributed by atoms with E-state index < -0.39 is 10.0 Å². The second-order valence-electron chi connectivity index (χ2n) is 5.28. The number of benzene rings is 1. The molecule has 2 N–H and O–H groups in total. The lowest BCUT2D eigenvalue weighted by Gasteiger charge is -2.30. The van der Waals surface area contributed by atoms with E-state index in [9.17, 15) is 13.2 Å². The molecule has 0 bridgehead atoms. The van der Waals surface area contributed by atoms with Crippen LogP contribution in [0.3, 0.4) is 0 Å². The first kappa shape index (κ1) is 15.8. The molecule has 1 aromatic rings. The van der Waals surface area contributed by atoms with Gasteiger partial charge in [-0.05, 0) is 43.5 Å². The summed E-state index contributed by atoms with van der Waals surface area (Å²) in [7, 11) is -2.21. The van der Waals surface area contributed by atoms with Crippen LogP contribution in [0.4, 0.5) is 5.69 Å². The number of nitrogens with zero attached hydrogens (tertiary/aromatic N) is 1. The van der Waals surface area contributed by atoms with Crippen LogP contribution in [0, 0.1) is 12.8 Å². The first-order valence-corrected chi connectivity index (χ1v) is 8.23. The number of sulfonamides is 1. The quantitative estimate of drug-likeness (QED) is 0.668. The lowest BCUT2D eigenvalue weighted by Crippen LogP contribution is -2.40. The van der Waals surface area contributed by atoms with Crippen LogP contribution in [0.15, 0.2) is 23.1 Å². The lowest BCUT2D eigenvalue weighted by molar-refractivity contribution is -0.146. The van der Waals surface area contributed by atoms with Crippen LogP contribution in [0.5, 0.6) is 0 Å². The zero-order valence-electron chi connectivity index (χ0n) is 12.2. The summed E-state index contributed by atoms with van der Waals surface area (Å²) in [5.41, 5.74) is 6.95. The molecule has 0 atom stereocenters. The Kier molecular flexibility index (Phi) is 4.53. The highest BCUT2D eigenvalue weighted by Gasteiger charge is 2.32. The number of ether oxygens (including phenoxy) is 1. The van der Waals surface area contributed by atoms with E-state index in [1.165, 1.54) is 17.5 Å². The third-order valence-electron chi connectivity index (χ3n) is 3.70. The smallest absolute Gasteiger partial charge is 0.308 e. The largest absolute Gasteiger partial charge is 0.469 e. The van der Waals surface area contributed by atoms with Gasteiger partial charge in [-0.25, -0.2) is 8.42 Å². The number of nitrogen functional groups attached to an aromatic ring is 1. The van der Waals surface area contributed by atoms with Gasteiger partial charge in [-0.2, -0.15) is 4.31 Å². The van der Waals surface area contributed by atoms with Crippen LogP contribution in [-0.2, 0) is 19.6 Å². The molecule has 2 rings (SSSR count). The minimum Gasteiger partial charge on any atom is -0.469 e. The van der Waals surface area contributed by atoms with E-state index in [1.807, 2.05) is 0 Å². The minimum atomic E-state index is -3.56. The standard InChI is InChI=1S/C14H20N2O4S/c1-10-7-12(15)9-13(8-10)21(18,19)16-5-3-11(4-6-16)14(17)20-2/h7-9,11H,3-6,15H2,1-2H3. The van der Waals surface area contributed by atoms with Crippen LogP contribution in [0.25, 0.3) is 0 Å². The van der Waals surface area contributed by atoms with Crippen molar-refractivity contribution >= 4 is 21.7 Å². The molecule has 6 nitrogen and oxygen atoms in total. The Morgan fingerprint density at radius 1 is 1.29 bits per heavy atom. The topological polar surface area (TPSA) is 89.7 Å². The molecule has 1 fully saturated rings. The molecular weight excluding hydrogens is 292 g/mol. The van der Waals surface area contributed by atoms with Crippen molar-refractivity contribution in [1.82, 2.24) is 4.31 Å². The summed E-state index contributed by atoms with van der Waals surface area (Å²) in [6.45, 7) is 2.44. The fourth-order valence-electron chi connectivity index (χ4n) is 2.57.